The molecule has 1 fully saturated rings. The maximum absolute atomic E-state index is 13.0. The zero-order valence-electron chi connectivity index (χ0n) is 12.9. The highest BCUT2D eigenvalue weighted by atomic mass is 32.2. The number of nitro groups is 1. The molecule has 0 radical (unpaired) electrons. The molecule has 1 aliphatic heterocycles. The zero-order valence-corrected chi connectivity index (χ0v) is 14.5. The van der Waals surface area contributed by atoms with E-state index in [4.69, 9.17) is 0 Å². The molecule has 0 amide bonds. The van der Waals surface area contributed by atoms with Crippen molar-refractivity contribution in [3.8, 4) is 6.07 Å². The van der Waals surface area contributed by atoms with Crippen LogP contribution in [0.15, 0.2) is 53.4 Å². The standard InChI is InChI=1S/C16H13N3O4S2/c17-11-13-3-1-2-4-15(13)25(22,23)18-9-10-24-16(18)12-5-7-14(8-6-12)19(20)21/h1-8,16H,9-10H2. The normalized spacial score (nSPS) is 18.0. The molecule has 0 saturated carbocycles. The Morgan fingerprint density at radius 1 is 1.20 bits per heavy atom. The third kappa shape index (κ3) is 3.24. The van der Waals surface area contributed by atoms with Crippen LogP contribution in [0.4, 0.5) is 5.69 Å². The lowest BCUT2D eigenvalue weighted by atomic mass is 10.2. The monoisotopic (exact) mass is 375 g/mol. The van der Waals surface area contributed by atoms with Gasteiger partial charge in [0.25, 0.3) is 5.69 Å². The summed E-state index contributed by atoms with van der Waals surface area (Å²) in [6, 6.07) is 13.9. The van der Waals surface area contributed by atoms with Crippen molar-refractivity contribution in [1.29, 1.82) is 5.26 Å². The first-order valence-electron chi connectivity index (χ1n) is 7.32. The molecule has 3 rings (SSSR count). The van der Waals surface area contributed by atoms with E-state index in [1.165, 1.54) is 40.3 Å². The topological polar surface area (TPSA) is 104 Å². The highest BCUT2D eigenvalue weighted by Crippen LogP contribution is 2.42. The van der Waals surface area contributed by atoms with Gasteiger partial charge in [-0.15, -0.1) is 11.8 Å². The number of rotatable bonds is 4. The summed E-state index contributed by atoms with van der Waals surface area (Å²) in [6.45, 7) is 0.314. The summed E-state index contributed by atoms with van der Waals surface area (Å²) in [7, 11) is -3.85. The largest absolute Gasteiger partial charge is 0.269 e. The first kappa shape index (κ1) is 17.4. The second-order valence-corrected chi connectivity index (χ2v) is 8.34. The average Bonchev–Trinajstić information content (AvgIpc) is 3.12. The number of hydrogen-bond acceptors (Lipinski definition) is 6. The van der Waals surface area contributed by atoms with E-state index in [1.54, 1.807) is 24.3 Å². The minimum absolute atomic E-state index is 0.0214. The van der Waals surface area contributed by atoms with Gasteiger partial charge < -0.3 is 0 Å². The van der Waals surface area contributed by atoms with Crippen molar-refractivity contribution < 1.29 is 13.3 Å². The fourth-order valence-corrected chi connectivity index (χ4v) is 6.02. The Morgan fingerprint density at radius 3 is 2.52 bits per heavy atom. The Morgan fingerprint density at radius 2 is 1.88 bits per heavy atom. The van der Waals surface area contributed by atoms with Gasteiger partial charge in [-0.1, -0.05) is 12.1 Å². The van der Waals surface area contributed by atoms with Crippen LogP contribution in [-0.2, 0) is 10.0 Å². The Kier molecular flexibility index (Phi) is 4.76. The first-order chi connectivity index (χ1) is 11.9. The van der Waals surface area contributed by atoms with E-state index < -0.39 is 20.3 Å². The van der Waals surface area contributed by atoms with Crippen LogP contribution in [0.1, 0.15) is 16.5 Å². The molecular formula is C16H13N3O4S2. The Balaban J connectivity index is 1.98. The predicted octanol–water partition coefficient (Wildman–Crippen LogP) is 2.90. The van der Waals surface area contributed by atoms with E-state index in [-0.39, 0.29) is 16.1 Å². The van der Waals surface area contributed by atoms with Crippen LogP contribution < -0.4 is 0 Å². The highest BCUT2D eigenvalue weighted by molar-refractivity contribution is 8.01. The average molecular weight is 375 g/mol. The van der Waals surface area contributed by atoms with E-state index in [0.29, 0.717) is 17.9 Å². The quantitative estimate of drug-likeness (QED) is 0.601. The van der Waals surface area contributed by atoms with Crippen molar-refractivity contribution in [2.24, 2.45) is 0 Å². The highest BCUT2D eigenvalue weighted by Gasteiger charge is 2.38. The number of nitriles is 1. The number of non-ortho nitro benzene ring substituents is 1. The van der Waals surface area contributed by atoms with E-state index in [2.05, 4.69) is 0 Å². The van der Waals surface area contributed by atoms with Gasteiger partial charge in [0.15, 0.2) is 0 Å². The summed E-state index contributed by atoms with van der Waals surface area (Å²) in [4.78, 5) is 10.3. The van der Waals surface area contributed by atoms with E-state index in [9.17, 15) is 23.8 Å². The van der Waals surface area contributed by atoms with Gasteiger partial charge in [-0.25, -0.2) is 8.42 Å². The molecule has 1 unspecified atom stereocenters. The molecule has 1 atom stereocenters. The summed E-state index contributed by atoms with van der Waals surface area (Å²) in [5, 5.41) is 19.5. The maximum atomic E-state index is 13.0. The van der Waals surface area contributed by atoms with Gasteiger partial charge >= 0.3 is 0 Å². The summed E-state index contributed by atoms with van der Waals surface area (Å²) < 4.78 is 27.4. The molecule has 128 valence electrons. The van der Waals surface area contributed by atoms with E-state index in [0.717, 1.165) is 0 Å². The van der Waals surface area contributed by atoms with Crippen LogP contribution in [0.2, 0.25) is 0 Å². The van der Waals surface area contributed by atoms with Gasteiger partial charge in [-0.3, -0.25) is 10.1 Å². The predicted molar refractivity (Wildman–Crippen MR) is 93.3 cm³/mol. The molecular weight excluding hydrogens is 362 g/mol. The molecule has 25 heavy (non-hydrogen) atoms. The number of thioether (sulfide) groups is 1. The van der Waals surface area contributed by atoms with Crippen LogP contribution in [0.5, 0.6) is 0 Å². The first-order valence-corrected chi connectivity index (χ1v) is 9.81. The van der Waals surface area contributed by atoms with Crippen molar-refractivity contribution >= 4 is 27.5 Å². The number of nitro benzene ring substituents is 1. The molecule has 0 aromatic heterocycles. The molecule has 0 N–H and O–H groups in total. The van der Waals surface area contributed by atoms with E-state index in [1.807, 2.05) is 6.07 Å². The molecule has 0 spiro atoms. The lowest BCUT2D eigenvalue weighted by molar-refractivity contribution is -0.384. The molecule has 1 saturated heterocycles. The third-order valence-corrected chi connectivity index (χ3v) is 7.15. The Bertz CT molecular complexity index is 952. The SMILES string of the molecule is N#Cc1ccccc1S(=O)(=O)N1CCSC1c1ccc([N+](=O)[O-])cc1. The number of nitrogens with zero attached hydrogens (tertiary/aromatic N) is 3. The third-order valence-electron chi connectivity index (χ3n) is 3.83. The van der Waals surface area contributed by atoms with Crippen LogP contribution in [0.3, 0.4) is 0 Å². The van der Waals surface area contributed by atoms with E-state index >= 15 is 0 Å². The molecule has 0 aliphatic carbocycles. The minimum atomic E-state index is -3.85. The van der Waals surface area contributed by atoms with Crippen LogP contribution in [0, 0.1) is 21.4 Å². The Hall–Kier alpha value is -2.41. The van der Waals surface area contributed by atoms with Gasteiger partial charge in [0.2, 0.25) is 10.0 Å². The second kappa shape index (κ2) is 6.84. The smallest absolute Gasteiger partial charge is 0.258 e. The van der Waals surface area contributed by atoms with Gasteiger partial charge in [-0.05, 0) is 29.8 Å². The summed E-state index contributed by atoms with van der Waals surface area (Å²) in [6.07, 6.45) is 0. The van der Waals surface area contributed by atoms with Crippen molar-refractivity contribution in [3.63, 3.8) is 0 Å². The molecule has 2 aromatic carbocycles. The van der Waals surface area contributed by atoms with Crippen LogP contribution in [-0.4, -0.2) is 29.9 Å². The summed E-state index contributed by atoms with van der Waals surface area (Å²) in [5.74, 6) is 0.607. The zero-order chi connectivity index (χ0) is 18.0. The lowest BCUT2D eigenvalue weighted by Gasteiger charge is -2.23. The summed E-state index contributed by atoms with van der Waals surface area (Å²) >= 11 is 1.45. The molecule has 1 aliphatic rings. The van der Waals surface area contributed by atoms with Crippen molar-refractivity contribution in [2.75, 3.05) is 12.3 Å². The molecule has 7 nitrogen and oxygen atoms in total. The van der Waals surface area contributed by atoms with Crippen molar-refractivity contribution in [1.82, 2.24) is 4.31 Å². The van der Waals surface area contributed by atoms with Gasteiger partial charge in [0.1, 0.15) is 6.07 Å². The number of sulfonamides is 1. The molecule has 9 heteroatoms. The fourth-order valence-electron chi connectivity index (χ4n) is 2.63. The fraction of sp³-hybridized carbons (Fsp3) is 0.188. The second-order valence-electron chi connectivity index (χ2n) is 5.30. The van der Waals surface area contributed by atoms with Crippen LogP contribution in [0.25, 0.3) is 0 Å². The van der Waals surface area contributed by atoms with Crippen molar-refractivity contribution in [3.05, 3.63) is 69.8 Å². The van der Waals surface area contributed by atoms with Gasteiger partial charge in [0, 0.05) is 24.4 Å². The number of benzene rings is 2. The van der Waals surface area contributed by atoms with Gasteiger partial charge in [-0.2, -0.15) is 9.57 Å². The minimum Gasteiger partial charge on any atom is -0.258 e. The maximum Gasteiger partial charge on any atom is 0.269 e. The number of hydrogen-bond donors (Lipinski definition) is 0. The van der Waals surface area contributed by atoms with Crippen molar-refractivity contribution in [2.45, 2.75) is 10.3 Å². The van der Waals surface area contributed by atoms with Gasteiger partial charge in [0.05, 0.1) is 20.8 Å². The summed E-state index contributed by atoms with van der Waals surface area (Å²) in [5.41, 5.74) is 0.726. The van der Waals surface area contributed by atoms with Crippen LogP contribution >= 0.6 is 11.8 Å². The Labute approximate surface area is 149 Å². The molecule has 0 bridgehead atoms. The molecule has 2 aromatic rings. The lowest BCUT2D eigenvalue weighted by Crippen LogP contribution is -2.31. The molecule has 1 heterocycles.